The van der Waals surface area contributed by atoms with Crippen LogP contribution >= 0.6 is 0 Å². The van der Waals surface area contributed by atoms with E-state index < -0.39 is 0 Å². The largest absolute Gasteiger partial charge is 0.0949 e. The van der Waals surface area contributed by atoms with Crippen molar-refractivity contribution in [1.82, 2.24) is 0 Å². The van der Waals surface area contributed by atoms with E-state index in [-0.39, 0.29) is 0 Å². The van der Waals surface area contributed by atoms with E-state index in [4.69, 9.17) is 0 Å². The molecule has 0 aliphatic rings. The molecule has 0 saturated heterocycles. The highest BCUT2D eigenvalue weighted by atomic mass is 14.0. The molecule has 2 rings (SSSR count). The summed E-state index contributed by atoms with van der Waals surface area (Å²) in [5.41, 5.74) is 5.01. The summed E-state index contributed by atoms with van der Waals surface area (Å²) in [4.78, 5) is 0. The molecule has 0 fully saturated rings. The molecule has 0 amide bonds. The highest BCUT2D eigenvalue weighted by Crippen LogP contribution is 2.18. The maximum Gasteiger partial charge on any atom is -0.00257 e. The van der Waals surface area contributed by atoms with Gasteiger partial charge in [0.15, 0.2) is 0 Å². The SMILES string of the molecule is C=C(Cc1ccccc1)c1cccc(C)c1.CC.CC. The minimum Gasteiger partial charge on any atom is -0.0949 e. The fourth-order valence-corrected chi connectivity index (χ4v) is 1.81. The van der Waals surface area contributed by atoms with E-state index in [0.717, 1.165) is 6.42 Å². The molecule has 0 N–H and O–H groups in total. The number of hydrogen-bond acceptors (Lipinski definition) is 0. The highest BCUT2D eigenvalue weighted by Gasteiger charge is 2.00. The summed E-state index contributed by atoms with van der Waals surface area (Å²) in [6, 6.07) is 19.0. The lowest BCUT2D eigenvalue weighted by Crippen LogP contribution is -1.89. The van der Waals surface area contributed by atoms with Gasteiger partial charge in [0.05, 0.1) is 0 Å². The summed E-state index contributed by atoms with van der Waals surface area (Å²) in [7, 11) is 0. The fraction of sp³-hybridized carbons (Fsp3) is 0.300. The molecule has 0 saturated carbocycles. The molecule has 0 heteroatoms. The first-order valence-electron chi connectivity index (χ1n) is 7.54. The molecule has 0 spiro atoms. The van der Waals surface area contributed by atoms with Gasteiger partial charge >= 0.3 is 0 Å². The van der Waals surface area contributed by atoms with Gasteiger partial charge in [0.2, 0.25) is 0 Å². The quantitative estimate of drug-likeness (QED) is 0.612. The van der Waals surface area contributed by atoms with Gasteiger partial charge in [0.25, 0.3) is 0 Å². The molecule has 20 heavy (non-hydrogen) atoms. The number of hydrogen-bond donors (Lipinski definition) is 0. The second kappa shape index (κ2) is 11.0. The van der Waals surface area contributed by atoms with Crippen LogP contribution in [0.4, 0.5) is 0 Å². The van der Waals surface area contributed by atoms with Crippen LogP contribution in [0.3, 0.4) is 0 Å². The van der Waals surface area contributed by atoms with E-state index in [1.165, 1.54) is 22.3 Å². The van der Waals surface area contributed by atoms with Crippen LogP contribution in [0.25, 0.3) is 5.57 Å². The zero-order chi connectivity index (χ0) is 15.4. The van der Waals surface area contributed by atoms with E-state index in [9.17, 15) is 0 Å². The Labute approximate surface area is 125 Å². The van der Waals surface area contributed by atoms with Gasteiger partial charge in [-0.3, -0.25) is 0 Å². The second-order valence-corrected chi connectivity index (χ2v) is 4.14. The Morgan fingerprint density at radius 2 is 1.45 bits per heavy atom. The van der Waals surface area contributed by atoms with Crippen molar-refractivity contribution in [1.29, 1.82) is 0 Å². The van der Waals surface area contributed by atoms with Crippen LogP contribution in [0.2, 0.25) is 0 Å². The summed E-state index contributed by atoms with van der Waals surface area (Å²) in [5, 5.41) is 0. The van der Waals surface area contributed by atoms with Gasteiger partial charge in [-0.2, -0.15) is 0 Å². The molecule has 2 aromatic carbocycles. The van der Waals surface area contributed by atoms with Gasteiger partial charge in [0, 0.05) is 0 Å². The summed E-state index contributed by atoms with van der Waals surface area (Å²) < 4.78 is 0. The van der Waals surface area contributed by atoms with E-state index in [0.29, 0.717) is 0 Å². The Kier molecular flexibility index (Phi) is 10.0. The van der Waals surface area contributed by atoms with Gasteiger partial charge in [-0.1, -0.05) is 94.4 Å². The average molecular weight is 268 g/mol. The summed E-state index contributed by atoms with van der Waals surface area (Å²) in [5.74, 6) is 0. The third-order valence-electron chi connectivity index (χ3n) is 2.69. The van der Waals surface area contributed by atoms with Crippen LogP contribution in [0, 0.1) is 6.92 Å². The van der Waals surface area contributed by atoms with Gasteiger partial charge < -0.3 is 0 Å². The Morgan fingerprint density at radius 3 is 2.00 bits per heavy atom. The lowest BCUT2D eigenvalue weighted by atomic mass is 9.98. The predicted molar refractivity (Wildman–Crippen MR) is 93.1 cm³/mol. The van der Waals surface area contributed by atoms with Crippen molar-refractivity contribution < 1.29 is 0 Å². The minimum atomic E-state index is 0.921. The Hall–Kier alpha value is -1.82. The van der Waals surface area contributed by atoms with Crippen molar-refractivity contribution >= 4 is 5.57 Å². The maximum absolute atomic E-state index is 4.16. The van der Waals surface area contributed by atoms with E-state index >= 15 is 0 Å². The summed E-state index contributed by atoms with van der Waals surface area (Å²) in [6.07, 6.45) is 0.921. The van der Waals surface area contributed by atoms with Gasteiger partial charge in [-0.15, -0.1) is 0 Å². The monoisotopic (exact) mass is 268 g/mol. The highest BCUT2D eigenvalue weighted by molar-refractivity contribution is 5.66. The predicted octanol–water partition coefficient (Wildman–Crippen LogP) is 6.30. The molecule has 0 aliphatic carbocycles. The van der Waals surface area contributed by atoms with Crippen molar-refractivity contribution in [2.45, 2.75) is 41.0 Å². The number of allylic oxidation sites excluding steroid dienone is 1. The molecule has 2 aromatic rings. The topological polar surface area (TPSA) is 0 Å². The molecule has 108 valence electrons. The van der Waals surface area contributed by atoms with Crippen molar-refractivity contribution in [2.24, 2.45) is 0 Å². The lowest BCUT2D eigenvalue weighted by molar-refractivity contribution is 1.28. The molecule has 0 aromatic heterocycles. The Bertz CT molecular complexity index is 480. The molecule has 0 radical (unpaired) electrons. The van der Waals surface area contributed by atoms with Crippen LogP contribution < -0.4 is 0 Å². The molecule has 0 bridgehead atoms. The van der Waals surface area contributed by atoms with Crippen molar-refractivity contribution in [3.05, 3.63) is 77.9 Å². The summed E-state index contributed by atoms with van der Waals surface area (Å²) >= 11 is 0. The fourth-order valence-electron chi connectivity index (χ4n) is 1.81. The van der Waals surface area contributed by atoms with Crippen LogP contribution in [-0.4, -0.2) is 0 Å². The second-order valence-electron chi connectivity index (χ2n) is 4.14. The van der Waals surface area contributed by atoms with Gasteiger partial charge in [0.1, 0.15) is 0 Å². The van der Waals surface area contributed by atoms with Crippen LogP contribution in [-0.2, 0) is 6.42 Å². The zero-order valence-electron chi connectivity index (χ0n) is 13.6. The smallest absolute Gasteiger partial charge is 0.00257 e. The third-order valence-corrected chi connectivity index (χ3v) is 2.69. The molecule has 0 atom stereocenters. The van der Waals surface area contributed by atoms with Crippen molar-refractivity contribution in [3.63, 3.8) is 0 Å². The van der Waals surface area contributed by atoms with Crippen LogP contribution in [0.15, 0.2) is 61.2 Å². The van der Waals surface area contributed by atoms with Crippen LogP contribution in [0.1, 0.15) is 44.4 Å². The van der Waals surface area contributed by atoms with E-state index in [1.807, 2.05) is 33.8 Å². The molecule has 0 aliphatic heterocycles. The first-order valence-corrected chi connectivity index (χ1v) is 7.54. The summed E-state index contributed by atoms with van der Waals surface area (Å²) in [6.45, 7) is 14.3. The first-order chi connectivity index (χ1) is 9.75. The Morgan fingerprint density at radius 1 is 0.850 bits per heavy atom. The zero-order valence-corrected chi connectivity index (χ0v) is 13.6. The lowest BCUT2D eigenvalue weighted by Gasteiger charge is -2.06. The third kappa shape index (κ3) is 6.38. The number of benzene rings is 2. The van der Waals surface area contributed by atoms with E-state index in [2.05, 4.69) is 62.0 Å². The molecule has 0 heterocycles. The Balaban J connectivity index is 0.000000829. The number of rotatable bonds is 3. The molecular weight excluding hydrogens is 240 g/mol. The van der Waals surface area contributed by atoms with Gasteiger partial charge in [-0.25, -0.2) is 0 Å². The van der Waals surface area contributed by atoms with Gasteiger partial charge in [-0.05, 0) is 30.0 Å². The standard InChI is InChI=1S/C16H16.2C2H6/c1-13-7-6-10-16(11-13)14(2)12-15-8-4-3-5-9-15;2*1-2/h3-11H,2,12H2,1H3;2*1-2H3. The molecule has 0 unspecified atom stereocenters. The van der Waals surface area contributed by atoms with E-state index in [1.54, 1.807) is 0 Å². The normalized spacial score (nSPS) is 8.65. The average Bonchev–Trinajstić information content (AvgIpc) is 2.52. The molecular formula is C20H28. The number of aryl methyl sites for hydroxylation is 1. The van der Waals surface area contributed by atoms with Crippen molar-refractivity contribution in [3.8, 4) is 0 Å². The first kappa shape index (κ1) is 18.2. The minimum absolute atomic E-state index is 0.921. The van der Waals surface area contributed by atoms with Crippen molar-refractivity contribution in [2.75, 3.05) is 0 Å². The molecule has 0 nitrogen and oxygen atoms in total. The maximum atomic E-state index is 4.16. The van der Waals surface area contributed by atoms with Crippen LogP contribution in [0.5, 0.6) is 0 Å².